The lowest BCUT2D eigenvalue weighted by molar-refractivity contribution is -0.136. The number of hydrogen-bond acceptors (Lipinski definition) is 3. The van der Waals surface area contributed by atoms with Gasteiger partial charge < -0.3 is 15.1 Å². The molecule has 2 heterocycles. The van der Waals surface area contributed by atoms with Crippen LogP contribution in [0.1, 0.15) is 16.8 Å². The summed E-state index contributed by atoms with van der Waals surface area (Å²) in [6.45, 7) is 3.45. The van der Waals surface area contributed by atoms with Crippen molar-refractivity contribution in [1.29, 1.82) is 0 Å². The van der Waals surface area contributed by atoms with E-state index < -0.39 is 5.82 Å². The van der Waals surface area contributed by atoms with Crippen molar-refractivity contribution in [3.63, 3.8) is 0 Å². The normalized spacial score (nSPS) is 20.7. The molecule has 1 atom stereocenters. The van der Waals surface area contributed by atoms with Crippen molar-refractivity contribution in [3.8, 4) is 0 Å². The molecule has 2 fully saturated rings. The Bertz CT molecular complexity index is 615. The second-order valence-corrected chi connectivity index (χ2v) is 6.37. The molecule has 1 aromatic rings. The fourth-order valence-electron chi connectivity index (χ4n) is 3.09. The zero-order chi connectivity index (χ0) is 16.4. The van der Waals surface area contributed by atoms with Crippen LogP contribution in [0.3, 0.4) is 0 Å². The first-order valence-corrected chi connectivity index (χ1v) is 8.18. The predicted molar refractivity (Wildman–Crippen MR) is 92.1 cm³/mol. The third-order valence-corrected chi connectivity index (χ3v) is 4.68. The molecule has 2 saturated heterocycles. The van der Waals surface area contributed by atoms with Gasteiger partial charge in [-0.2, -0.15) is 0 Å². The summed E-state index contributed by atoms with van der Waals surface area (Å²) >= 11 is 5.71. The molecule has 0 aliphatic carbocycles. The van der Waals surface area contributed by atoms with Gasteiger partial charge in [-0.05, 0) is 31.2 Å². The third kappa shape index (κ3) is 3.99. The van der Waals surface area contributed by atoms with Crippen LogP contribution < -0.4 is 5.32 Å². The van der Waals surface area contributed by atoms with Crippen molar-refractivity contribution in [1.82, 2.24) is 15.1 Å². The minimum Gasteiger partial charge on any atom is -0.339 e. The van der Waals surface area contributed by atoms with Crippen molar-refractivity contribution in [2.24, 2.45) is 5.92 Å². The molecule has 1 aromatic carbocycles. The van der Waals surface area contributed by atoms with Crippen molar-refractivity contribution < 1.29 is 14.0 Å². The van der Waals surface area contributed by atoms with Gasteiger partial charge in [-0.3, -0.25) is 9.59 Å². The van der Waals surface area contributed by atoms with Crippen molar-refractivity contribution in [2.45, 2.75) is 6.42 Å². The molecule has 2 aliphatic heterocycles. The van der Waals surface area contributed by atoms with Gasteiger partial charge in [-0.15, -0.1) is 12.4 Å². The van der Waals surface area contributed by atoms with E-state index in [4.69, 9.17) is 11.6 Å². The number of piperazine rings is 1. The highest BCUT2D eigenvalue weighted by Gasteiger charge is 2.31. The number of nitrogens with zero attached hydrogens (tertiary/aromatic N) is 2. The standard InChI is InChI=1S/C16H19ClFN3O2.ClH/c17-12-1-2-13(14(18)9-12)16(23)21-7-5-20(6-8-21)15(22)11-3-4-19-10-11;/h1-2,9,11,19H,3-8,10H2;1H. The third-order valence-electron chi connectivity index (χ3n) is 4.45. The molecule has 3 rings (SSSR count). The van der Waals surface area contributed by atoms with Crippen LogP contribution >= 0.6 is 24.0 Å². The van der Waals surface area contributed by atoms with Crippen molar-refractivity contribution in [3.05, 3.63) is 34.6 Å². The van der Waals surface area contributed by atoms with Gasteiger partial charge in [-0.1, -0.05) is 11.6 Å². The lowest BCUT2D eigenvalue weighted by atomic mass is 10.1. The Morgan fingerprint density at radius 2 is 1.83 bits per heavy atom. The maximum atomic E-state index is 13.9. The molecule has 5 nitrogen and oxygen atoms in total. The number of carbonyl (C=O) groups excluding carboxylic acids is 2. The quantitative estimate of drug-likeness (QED) is 0.857. The summed E-state index contributed by atoms with van der Waals surface area (Å²) in [4.78, 5) is 28.1. The Labute approximate surface area is 151 Å². The predicted octanol–water partition coefficient (Wildman–Crippen LogP) is 1.79. The van der Waals surface area contributed by atoms with Gasteiger partial charge in [0.15, 0.2) is 0 Å². The zero-order valence-electron chi connectivity index (χ0n) is 13.1. The number of halogens is 3. The molecule has 2 amide bonds. The van der Waals surface area contributed by atoms with E-state index in [9.17, 15) is 14.0 Å². The van der Waals surface area contributed by atoms with E-state index in [1.54, 1.807) is 9.80 Å². The molecule has 132 valence electrons. The first-order valence-electron chi connectivity index (χ1n) is 7.80. The van der Waals surface area contributed by atoms with Crippen LogP contribution in [0, 0.1) is 11.7 Å². The molecule has 1 N–H and O–H groups in total. The second kappa shape index (κ2) is 8.14. The number of amides is 2. The van der Waals surface area contributed by atoms with Gasteiger partial charge in [0.25, 0.3) is 5.91 Å². The molecule has 24 heavy (non-hydrogen) atoms. The van der Waals surface area contributed by atoms with Crippen LogP contribution in [0.25, 0.3) is 0 Å². The van der Waals surface area contributed by atoms with Crippen molar-refractivity contribution in [2.75, 3.05) is 39.3 Å². The molecular formula is C16H20Cl2FN3O2. The van der Waals surface area contributed by atoms with Crippen LogP contribution in [-0.4, -0.2) is 60.9 Å². The molecular weight excluding hydrogens is 356 g/mol. The fourth-order valence-corrected chi connectivity index (χ4v) is 3.25. The van der Waals surface area contributed by atoms with Gasteiger partial charge >= 0.3 is 0 Å². The number of rotatable bonds is 2. The summed E-state index contributed by atoms with van der Waals surface area (Å²) in [6.07, 6.45) is 0.869. The van der Waals surface area contributed by atoms with Gasteiger partial charge in [0.1, 0.15) is 5.82 Å². The number of hydrogen-bond donors (Lipinski definition) is 1. The van der Waals surface area contributed by atoms with E-state index in [-0.39, 0.29) is 40.7 Å². The number of carbonyl (C=O) groups is 2. The number of benzene rings is 1. The summed E-state index contributed by atoms with van der Waals surface area (Å²) < 4.78 is 13.9. The molecule has 2 aliphatic rings. The van der Waals surface area contributed by atoms with Gasteiger partial charge in [-0.25, -0.2) is 4.39 Å². The Hall–Kier alpha value is -1.37. The minimum atomic E-state index is -0.613. The molecule has 0 bridgehead atoms. The average molecular weight is 376 g/mol. The minimum absolute atomic E-state index is 0. The van der Waals surface area contributed by atoms with E-state index in [1.807, 2.05) is 0 Å². The van der Waals surface area contributed by atoms with E-state index in [1.165, 1.54) is 12.1 Å². The molecule has 0 aromatic heterocycles. The summed E-state index contributed by atoms with van der Waals surface area (Å²) in [5, 5.41) is 3.45. The van der Waals surface area contributed by atoms with E-state index >= 15 is 0 Å². The van der Waals surface area contributed by atoms with Crippen molar-refractivity contribution >= 4 is 35.8 Å². The maximum Gasteiger partial charge on any atom is 0.256 e. The van der Waals surface area contributed by atoms with Crippen LogP contribution in [0.15, 0.2) is 18.2 Å². The van der Waals surface area contributed by atoms with E-state index in [0.717, 1.165) is 25.6 Å². The smallest absolute Gasteiger partial charge is 0.256 e. The second-order valence-electron chi connectivity index (χ2n) is 5.93. The highest BCUT2D eigenvalue weighted by molar-refractivity contribution is 6.30. The largest absolute Gasteiger partial charge is 0.339 e. The van der Waals surface area contributed by atoms with Gasteiger partial charge in [0.05, 0.1) is 11.5 Å². The monoisotopic (exact) mass is 375 g/mol. The molecule has 8 heteroatoms. The fraction of sp³-hybridized carbons (Fsp3) is 0.500. The Morgan fingerprint density at radius 3 is 2.42 bits per heavy atom. The highest BCUT2D eigenvalue weighted by atomic mass is 35.5. The number of nitrogens with one attached hydrogen (secondary N) is 1. The summed E-state index contributed by atoms with van der Waals surface area (Å²) in [5.74, 6) is -0.766. The molecule has 0 spiro atoms. The summed E-state index contributed by atoms with van der Waals surface area (Å²) in [5.41, 5.74) is 0.0224. The molecule has 1 unspecified atom stereocenters. The first-order chi connectivity index (χ1) is 11.1. The topological polar surface area (TPSA) is 52.7 Å². The summed E-state index contributed by atoms with van der Waals surface area (Å²) in [7, 11) is 0. The lowest BCUT2D eigenvalue weighted by Crippen LogP contribution is -2.52. The summed E-state index contributed by atoms with van der Waals surface area (Å²) in [6, 6.07) is 4.05. The zero-order valence-corrected chi connectivity index (χ0v) is 14.7. The van der Waals surface area contributed by atoms with E-state index in [2.05, 4.69) is 5.32 Å². The van der Waals surface area contributed by atoms with Crippen LogP contribution in [0.5, 0.6) is 0 Å². The van der Waals surface area contributed by atoms with Crippen LogP contribution in [-0.2, 0) is 4.79 Å². The molecule has 0 saturated carbocycles. The Balaban J connectivity index is 0.00000208. The average Bonchev–Trinajstić information content (AvgIpc) is 3.08. The first kappa shape index (κ1) is 19.0. The van der Waals surface area contributed by atoms with Gasteiger partial charge in [0, 0.05) is 37.7 Å². The van der Waals surface area contributed by atoms with Gasteiger partial charge in [0.2, 0.25) is 5.91 Å². The lowest BCUT2D eigenvalue weighted by Gasteiger charge is -2.36. The molecule has 0 radical (unpaired) electrons. The van der Waals surface area contributed by atoms with Crippen LogP contribution in [0.4, 0.5) is 4.39 Å². The maximum absolute atomic E-state index is 13.9. The Morgan fingerprint density at radius 1 is 1.17 bits per heavy atom. The van der Waals surface area contributed by atoms with Crippen LogP contribution in [0.2, 0.25) is 5.02 Å². The van der Waals surface area contributed by atoms with E-state index in [0.29, 0.717) is 26.2 Å². The highest BCUT2D eigenvalue weighted by Crippen LogP contribution is 2.18. The SMILES string of the molecule is Cl.O=C(c1ccc(Cl)cc1F)N1CCN(C(=O)C2CCNC2)CC1. The Kier molecular flexibility index (Phi) is 6.43.